The highest BCUT2D eigenvalue weighted by Gasteiger charge is 2.24. The number of rotatable bonds is 11. The Bertz CT molecular complexity index is 186. The highest BCUT2D eigenvalue weighted by Crippen LogP contribution is 2.17. The third-order valence-electron chi connectivity index (χ3n) is 3.92. The Morgan fingerprint density at radius 2 is 2.00 bits per heavy atom. The largest absolute Gasteiger partial charge is 0.394 e. The van der Waals surface area contributed by atoms with Crippen molar-refractivity contribution in [2.24, 2.45) is 0 Å². The van der Waals surface area contributed by atoms with Crippen LogP contribution >= 0.6 is 0 Å². The zero-order valence-corrected chi connectivity index (χ0v) is 12.8. The zero-order valence-electron chi connectivity index (χ0n) is 12.8. The number of nitrogens with one attached hydrogen (secondary N) is 1. The molecule has 0 bridgehead atoms. The Labute approximate surface area is 113 Å². The minimum absolute atomic E-state index is 0.107. The van der Waals surface area contributed by atoms with E-state index in [0.29, 0.717) is 6.04 Å². The van der Waals surface area contributed by atoms with Gasteiger partial charge in [-0.25, -0.2) is 0 Å². The first kappa shape index (κ1) is 17.8. The van der Waals surface area contributed by atoms with Crippen LogP contribution in [0.1, 0.15) is 40.0 Å². The molecule has 0 aromatic rings. The average molecular weight is 260 g/mol. The van der Waals surface area contributed by atoms with Gasteiger partial charge in [0.25, 0.3) is 0 Å². The molecule has 2 N–H and O–H groups in total. The summed E-state index contributed by atoms with van der Waals surface area (Å²) in [6, 6.07) is 0.542. The second-order valence-electron chi connectivity index (χ2n) is 5.27. The predicted octanol–water partition coefficient (Wildman–Crippen LogP) is 1.48. The molecule has 0 amide bonds. The van der Waals surface area contributed by atoms with Crippen LogP contribution in [-0.2, 0) is 4.74 Å². The van der Waals surface area contributed by atoms with E-state index < -0.39 is 0 Å². The summed E-state index contributed by atoms with van der Waals surface area (Å²) in [7, 11) is 3.68. The van der Waals surface area contributed by atoms with Gasteiger partial charge < -0.3 is 15.2 Å². The highest BCUT2D eigenvalue weighted by atomic mass is 16.5. The van der Waals surface area contributed by atoms with Gasteiger partial charge in [0.2, 0.25) is 0 Å². The third kappa shape index (κ3) is 6.14. The lowest BCUT2D eigenvalue weighted by atomic mass is 9.91. The van der Waals surface area contributed by atoms with Gasteiger partial charge in [0, 0.05) is 25.2 Å². The second kappa shape index (κ2) is 9.73. The van der Waals surface area contributed by atoms with E-state index in [2.05, 4.69) is 31.0 Å². The zero-order chi connectivity index (χ0) is 14.0. The molecule has 110 valence electrons. The van der Waals surface area contributed by atoms with Gasteiger partial charge in [-0.3, -0.25) is 4.90 Å². The van der Waals surface area contributed by atoms with E-state index >= 15 is 0 Å². The van der Waals surface area contributed by atoms with Crippen LogP contribution < -0.4 is 5.32 Å². The van der Waals surface area contributed by atoms with Crippen molar-refractivity contribution in [1.29, 1.82) is 0 Å². The summed E-state index contributed by atoms with van der Waals surface area (Å²) in [5.74, 6) is 0. The summed E-state index contributed by atoms with van der Waals surface area (Å²) >= 11 is 0. The van der Waals surface area contributed by atoms with E-state index in [1.165, 1.54) is 0 Å². The molecule has 0 radical (unpaired) electrons. The first-order valence-corrected chi connectivity index (χ1v) is 7.08. The number of methoxy groups -OCH3 is 1. The summed E-state index contributed by atoms with van der Waals surface area (Å²) in [4.78, 5) is 2.43. The van der Waals surface area contributed by atoms with Crippen molar-refractivity contribution in [1.82, 2.24) is 10.2 Å². The lowest BCUT2D eigenvalue weighted by Crippen LogP contribution is -2.46. The Hall–Kier alpha value is -0.160. The minimum Gasteiger partial charge on any atom is -0.394 e. The fourth-order valence-electron chi connectivity index (χ4n) is 2.21. The normalized spacial score (nSPS) is 15.3. The number of hydrogen-bond donors (Lipinski definition) is 2. The van der Waals surface area contributed by atoms with Crippen molar-refractivity contribution in [3.05, 3.63) is 0 Å². The molecule has 0 aromatic heterocycles. The molecular formula is C14H32N2O2. The first-order chi connectivity index (χ1) is 8.55. The van der Waals surface area contributed by atoms with Crippen molar-refractivity contribution in [3.63, 3.8) is 0 Å². The molecule has 1 atom stereocenters. The van der Waals surface area contributed by atoms with Gasteiger partial charge in [-0.05, 0) is 46.7 Å². The van der Waals surface area contributed by atoms with Gasteiger partial charge in [0.15, 0.2) is 0 Å². The van der Waals surface area contributed by atoms with Gasteiger partial charge in [-0.1, -0.05) is 6.92 Å². The van der Waals surface area contributed by atoms with Gasteiger partial charge in [-0.2, -0.15) is 0 Å². The Morgan fingerprint density at radius 3 is 2.39 bits per heavy atom. The van der Waals surface area contributed by atoms with Crippen LogP contribution in [0.4, 0.5) is 0 Å². The fraction of sp³-hybridized carbons (Fsp3) is 1.00. The Balaban J connectivity index is 4.11. The first-order valence-electron chi connectivity index (χ1n) is 7.08. The maximum atomic E-state index is 9.50. The Kier molecular flexibility index (Phi) is 9.64. The number of ether oxygens (including phenoxy) is 1. The van der Waals surface area contributed by atoms with E-state index in [1.807, 2.05) is 7.05 Å². The van der Waals surface area contributed by atoms with Crippen LogP contribution in [0.15, 0.2) is 0 Å². The number of likely N-dealkylation sites (N-methyl/N-ethyl adjacent to an activating group) is 1. The molecule has 1 unspecified atom stereocenters. The smallest absolute Gasteiger partial charge is 0.0613 e. The molecule has 0 spiro atoms. The van der Waals surface area contributed by atoms with Crippen LogP contribution in [0.3, 0.4) is 0 Å². The molecule has 0 saturated heterocycles. The second-order valence-corrected chi connectivity index (χ2v) is 5.27. The van der Waals surface area contributed by atoms with Crippen LogP contribution in [0, 0.1) is 0 Å². The van der Waals surface area contributed by atoms with E-state index in [9.17, 15) is 5.11 Å². The van der Waals surface area contributed by atoms with Crippen molar-refractivity contribution in [2.75, 3.05) is 40.5 Å². The van der Waals surface area contributed by atoms with Crippen LogP contribution in [0.2, 0.25) is 0 Å². The van der Waals surface area contributed by atoms with Crippen LogP contribution in [0.25, 0.3) is 0 Å². The molecule has 0 rings (SSSR count). The molecule has 4 heteroatoms. The fourth-order valence-corrected chi connectivity index (χ4v) is 2.21. The average Bonchev–Trinajstić information content (AvgIpc) is 2.38. The quantitative estimate of drug-likeness (QED) is 0.591. The van der Waals surface area contributed by atoms with Crippen LogP contribution in [0.5, 0.6) is 0 Å². The van der Waals surface area contributed by atoms with E-state index in [4.69, 9.17) is 4.74 Å². The van der Waals surface area contributed by atoms with Crippen molar-refractivity contribution in [2.45, 2.75) is 51.6 Å². The van der Waals surface area contributed by atoms with Crippen LogP contribution in [-0.4, -0.2) is 62.0 Å². The number of hydrogen-bond acceptors (Lipinski definition) is 4. The van der Waals surface area contributed by atoms with Gasteiger partial charge >= 0.3 is 0 Å². The molecule has 0 heterocycles. The predicted molar refractivity (Wildman–Crippen MR) is 77.0 cm³/mol. The topological polar surface area (TPSA) is 44.7 Å². The molecule has 0 aliphatic carbocycles. The molecule has 0 saturated carbocycles. The minimum atomic E-state index is -0.107. The molecule has 4 nitrogen and oxygen atoms in total. The Morgan fingerprint density at radius 1 is 1.33 bits per heavy atom. The molecule has 0 aliphatic rings. The third-order valence-corrected chi connectivity index (χ3v) is 3.92. The number of aliphatic hydroxyl groups is 1. The van der Waals surface area contributed by atoms with E-state index in [0.717, 1.165) is 39.0 Å². The summed E-state index contributed by atoms with van der Waals surface area (Å²) in [5, 5.41) is 12.8. The van der Waals surface area contributed by atoms with E-state index in [1.54, 1.807) is 7.11 Å². The number of aliphatic hydroxyl groups excluding tert-OH is 1. The summed E-state index contributed by atoms with van der Waals surface area (Å²) in [6.07, 6.45) is 3.06. The molecule has 0 aliphatic heterocycles. The highest BCUT2D eigenvalue weighted by molar-refractivity contribution is 4.84. The maximum absolute atomic E-state index is 9.50. The molecule has 18 heavy (non-hydrogen) atoms. The van der Waals surface area contributed by atoms with Gasteiger partial charge in [-0.15, -0.1) is 0 Å². The van der Waals surface area contributed by atoms with Crippen molar-refractivity contribution < 1.29 is 9.84 Å². The monoisotopic (exact) mass is 260 g/mol. The maximum Gasteiger partial charge on any atom is 0.0613 e. The van der Waals surface area contributed by atoms with Crippen molar-refractivity contribution in [3.8, 4) is 0 Å². The lowest BCUT2D eigenvalue weighted by molar-refractivity contribution is 0.116. The SMILES string of the molecule is CCC(CO)(CCCN(CCOC)C(C)C)NC. The molecule has 0 fully saturated rings. The summed E-state index contributed by atoms with van der Waals surface area (Å²) in [6.45, 7) is 9.58. The van der Waals surface area contributed by atoms with Gasteiger partial charge in [0.1, 0.15) is 0 Å². The summed E-state index contributed by atoms with van der Waals surface area (Å²) < 4.78 is 5.14. The van der Waals surface area contributed by atoms with E-state index in [-0.39, 0.29) is 12.1 Å². The van der Waals surface area contributed by atoms with Gasteiger partial charge in [0.05, 0.1) is 13.2 Å². The van der Waals surface area contributed by atoms with Crippen molar-refractivity contribution >= 4 is 0 Å². The summed E-state index contributed by atoms with van der Waals surface area (Å²) in [5.41, 5.74) is -0.107. The lowest BCUT2D eigenvalue weighted by Gasteiger charge is -2.32. The standard InChI is InChI=1S/C14H32N2O2/c1-6-14(12-17,15-4)8-7-9-16(13(2)3)10-11-18-5/h13,15,17H,6-12H2,1-5H3. The molecular weight excluding hydrogens is 228 g/mol. The molecule has 0 aromatic carbocycles. The number of nitrogens with zero attached hydrogens (tertiary/aromatic N) is 1.